The van der Waals surface area contributed by atoms with Crippen LogP contribution in [-0.2, 0) is 4.79 Å². The van der Waals surface area contributed by atoms with Crippen molar-refractivity contribution in [2.45, 2.75) is 20.8 Å². The van der Waals surface area contributed by atoms with E-state index in [9.17, 15) is 14.4 Å². The van der Waals surface area contributed by atoms with E-state index in [0.29, 0.717) is 26.0 Å². The summed E-state index contributed by atoms with van der Waals surface area (Å²) in [7, 11) is 0. The van der Waals surface area contributed by atoms with Gasteiger partial charge in [0.1, 0.15) is 11.3 Å². The number of carbonyl (C=O) groups excluding carboxylic acids is 1. The highest BCUT2D eigenvalue weighted by Gasteiger charge is 2.19. The van der Waals surface area contributed by atoms with Crippen LogP contribution in [0.1, 0.15) is 26.3 Å². The van der Waals surface area contributed by atoms with Gasteiger partial charge in [-0.15, -0.1) is 11.3 Å². The first-order chi connectivity index (χ1) is 17.2. The van der Waals surface area contributed by atoms with Crippen LogP contribution < -0.4 is 20.4 Å². The molecule has 0 aliphatic carbocycles. The van der Waals surface area contributed by atoms with Gasteiger partial charge in [-0.25, -0.2) is 9.48 Å². The molecule has 0 spiro atoms. The van der Waals surface area contributed by atoms with Gasteiger partial charge >= 0.3 is 5.63 Å². The quantitative estimate of drug-likeness (QED) is 0.383. The number of aromatic amines is 1. The first kappa shape index (κ1) is 23.4. The largest absolute Gasteiger partial charge is 0.422 e. The predicted octanol–water partition coefficient (Wildman–Crippen LogP) is 3.62. The lowest BCUT2D eigenvalue weighted by Gasteiger charge is -2.12. The van der Waals surface area contributed by atoms with Crippen molar-refractivity contribution in [1.29, 1.82) is 0 Å². The maximum absolute atomic E-state index is 12.9. The van der Waals surface area contributed by atoms with Crippen LogP contribution in [0.3, 0.4) is 0 Å². The fourth-order valence-electron chi connectivity index (χ4n) is 3.64. The molecule has 0 aliphatic rings. The van der Waals surface area contributed by atoms with E-state index in [1.807, 2.05) is 63.2 Å². The number of fused-ring (bicyclic) bond motifs is 1. The van der Waals surface area contributed by atoms with Gasteiger partial charge in [0.2, 0.25) is 0 Å². The lowest BCUT2D eigenvalue weighted by molar-refractivity contribution is -0.119. The van der Waals surface area contributed by atoms with Crippen LogP contribution in [0.2, 0.25) is 0 Å². The van der Waals surface area contributed by atoms with E-state index in [4.69, 9.17) is 4.42 Å². The lowest BCUT2D eigenvalue weighted by Crippen LogP contribution is -2.22. The van der Waals surface area contributed by atoms with Gasteiger partial charge in [0.05, 0.1) is 20.4 Å². The average molecular weight is 498 g/mol. The number of nitrogens with one attached hydrogen (secondary N) is 1. The van der Waals surface area contributed by atoms with E-state index in [-0.39, 0.29) is 16.9 Å². The number of hydrogen-bond acceptors (Lipinski definition) is 6. The highest BCUT2D eigenvalue weighted by atomic mass is 32.1. The normalized spacial score (nSPS) is 13.0. The van der Waals surface area contributed by atoms with Gasteiger partial charge in [0.25, 0.3) is 5.56 Å². The zero-order valence-electron chi connectivity index (χ0n) is 19.9. The van der Waals surface area contributed by atoms with Gasteiger partial charge in [-0.3, -0.25) is 9.59 Å². The fraction of sp³-hybridized carbons (Fsp3) is 0.143. The molecule has 0 aliphatic heterocycles. The van der Waals surface area contributed by atoms with Crippen LogP contribution in [0.4, 0.5) is 0 Å². The molecule has 0 saturated heterocycles. The topological polar surface area (TPSA) is 98.0 Å². The molecule has 0 bridgehead atoms. The average Bonchev–Trinajstić information content (AvgIpc) is 3.41. The highest BCUT2D eigenvalue weighted by Crippen LogP contribution is 2.25. The number of aromatic nitrogens is 3. The molecule has 3 aromatic heterocycles. The molecule has 180 valence electrons. The number of carbonyl (C=O) groups is 1. The Balaban J connectivity index is 1.72. The molecular weight excluding hydrogens is 474 g/mol. The van der Waals surface area contributed by atoms with Crippen LogP contribution in [0.15, 0.2) is 80.9 Å². The Bertz CT molecular complexity index is 1830. The lowest BCUT2D eigenvalue weighted by atomic mass is 9.91. The zero-order chi connectivity index (χ0) is 25.4. The summed E-state index contributed by atoms with van der Waals surface area (Å²) in [5.41, 5.74) is 1.13. The Morgan fingerprint density at radius 1 is 1.06 bits per heavy atom. The van der Waals surface area contributed by atoms with Crippen LogP contribution in [-0.4, -0.2) is 20.5 Å². The van der Waals surface area contributed by atoms with Crippen LogP contribution in [0.25, 0.3) is 40.1 Å². The van der Waals surface area contributed by atoms with Crippen molar-refractivity contribution in [2.24, 2.45) is 5.41 Å². The van der Waals surface area contributed by atoms with Crippen molar-refractivity contribution >= 4 is 40.2 Å². The molecule has 7 nitrogen and oxygen atoms in total. The van der Waals surface area contributed by atoms with Gasteiger partial charge in [-0.1, -0.05) is 57.2 Å². The van der Waals surface area contributed by atoms with Gasteiger partial charge in [0, 0.05) is 28.6 Å². The first-order valence-corrected chi connectivity index (χ1v) is 12.2. The number of hydrogen-bond donors (Lipinski definition) is 1. The third-order valence-corrected chi connectivity index (χ3v) is 6.59. The minimum atomic E-state index is -0.557. The van der Waals surface area contributed by atoms with Crippen molar-refractivity contribution < 1.29 is 9.21 Å². The number of Topliss-reactive ketones (excluding diaryl/α,β-unsaturated/α-hetero) is 1. The van der Waals surface area contributed by atoms with E-state index in [2.05, 4.69) is 10.1 Å². The van der Waals surface area contributed by atoms with Crippen LogP contribution in [0.5, 0.6) is 0 Å². The fourth-order valence-corrected chi connectivity index (χ4v) is 4.52. The van der Waals surface area contributed by atoms with Gasteiger partial charge in [-0.05, 0) is 30.3 Å². The molecule has 36 heavy (non-hydrogen) atoms. The SMILES string of the molecule is CC(C)(C)C(=O)C=c1[nH]c(=O)c(=Cc2cn(-c3ccccc3)nc2-c2cc3ccccc3oc2=O)s1. The number of ketones is 1. The summed E-state index contributed by atoms with van der Waals surface area (Å²) >= 11 is 1.18. The number of nitrogens with zero attached hydrogens (tertiary/aromatic N) is 2. The Hall–Kier alpha value is -4.30. The Morgan fingerprint density at radius 3 is 2.53 bits per heavy atom. The van der Waals surface area contributed by atoms with E-state index in [0.717, 1.165) is 11.1 Å². The molecule has 0 atom stereocenters. The molecule has 5 rings (SSSR count). The Morgan fingerprint density at radius 2 is 1.78 bits per heavy atom. The molecule has 8 heteroatoms. The van der Waals surface area contributed by atoms with Gasteiger partial charge in [0.15, 0.2) is 5.78 Å². The second-order valence-corrected chi connectivity index (χ2v) is 10.5. The van der Waals surface area contributed by atoms with Crippen LogP contribution >= 0.6 is 11.3 Å². The van der Waals surface area contributed by atoms with Crippen molar-refractivity contribution in [2.75, 3.05) is 0 Å². The van der Waals surface area contributed by atoms with Crippen molar-refractivity contribution in [3.05, 3.63) is 102 Å². The molecule has 5 aromatic rings. The highest BCUT2D eigenvalue weighted by molar-refractivity contribution is 7.07. The number of H-pyrrole nitrogens is 1. The summed E-state index contributed by atoms with van der Waals surface area (Å²) in [6.07, 6.45) is 4.90. The van der Waals surface area contributed by atoms with E-state index in [1.165, 1.54) is 17.4 Å². The number of benzene rings is 2. The third-order valence-electron chi connectivity index (χ3n) is 5.63. The second kappa shape index (κ2) is 9.05. The zero-order valence-corrected chi connectivity index (χ0v) is 20.8. The number of para-hydroxylation sites is 2. The minimum absolute atomic E-state index is 0.0853. The molecule has 1 N–H and O–H groups in total. The smallest absolute Gasteiger partial charge is 0.345 e. The summed E-state index contributed by atoms with van der Waals surface area (Å²) in [6.45, 7) is 5.47. The summed E-state index contributed by atoms with van der Waals surface area (Å²) in [5, 5.41) is 5.45. The standard InChI is InChI=1S/C28H23N3O4S/c1-28(2,3)23(32)15-24-29-26(33)22(36-24)14-18-16-31(19-10-5-4-6-11-19)30-25(18)20-13-17-9-7-8-12-21(17)35-27(20)34/h4-16H,1-3H3,(H,29,33). The summed E-state index contributed by atoms with van der Waals surface area (Å²) < 4.78 is 8.06. The summed E-state index contributed by atoms with van der Waals surface area (Å²) in [6, 6.07) is 18.5. The van der Waals surface area contributed by atoms with Crippen molar-refractivity contribution in [1.82, 2.24) is 14.8 Å². The Labute approximate surface area is 209 Å². The molecular formula is C28H23N3O4S. The van der Waals surface area contributed by atoms with E-state index in [1.54, 1.807) is 35.2 Å². The second-order valence-electron chi connectivity index (χ2n) is 9.39. The number of thiazole rings is 1. The van der Waals surface area contributed by atoms with Crippen molar-refractivity contribution in [3.63, 3.8) is 0 Å². The first-order valence-electron chi connectivity index (χ1n) is 11.3. The van der Waals surface area contributed by atoms with E-state index >= 15 is 0 Å². The predicted molar refractivity (Wildman–Crippen MR) is 142 cm³/mol. The van der Waals surface area contributed by atoms with Crippen molar-refractivity contribution in [3.8, 4) is 16.9 Å². The van der Waals surface area contributed by atoms with Crippen LogP contribution in [0, 0.1) is 5.41 Å². The monoisotopic (exact) mass is 497 g/mol. The van der Waals surface area contributed by atoms with Gasteiger partial charge < -0.3 is 9.40 Å². The maximum Gasteiger partial charge on any atom is 0.345 e. The molecule has 0 fully saturated rings. The number of rotatable bonds is 4. The molecule has 0 amide bonds. The van der Waals surface area contributed by atoms with E-state index < -0.39 is 11.0 Å². The summed E-state index contributed by atoms with van der Waals surface area (Å²) in [4.78, 5) is 40.8. The third kappa shape index (κ3) is 4.63. The molecule has 0 radical (unpaired) electrons. The molecule has 0 saturated carbocycles. The molecule has 2 aromatic carbocycles. The summed E-state index contributed by atoms with van der Waals surface area (Å²) in [5.74, 6) is -0.0853. The minimum Gasteiger partial charge on any atom is -0.422 e. The maximum atomic E-state index is 12.9. The Kier molecular flexibility index (Phi) is 5.89. The molecule has 0 unspecified atom stereocenters. The molecule has 3 heterocycles. The van der Waals surface area contributed by atoms with Gasteiger partial charge in [-0.2, -0.15) is 5.10 Å².